The van der Waals surface area contributed by atoms with Crippen LogP contribution in [0, 0.1) is 13.8 Å². The molecule has 0 aliphatic heterocycles. The lowest BCUT2D eigenvalue weighted by atomic mass is 10.2. The standard InChI is InChI=1S/C7H8N2O2/c1-4-6(7(10)11)3-8-5(2)9-4/h3H,1-2H3,(H,10,11)/p+1. The molecule has 0 unspecified atom stereocenters. The average Bonchev–Trinajstić information content (AvgIpc) is 1.85. The maximum Gasteiger partial charge on any atom is 0.343 e. The summed E-state index contributed by atoms with van der Waals surface area (Å²) in [4.78, 5) is 17.2. The topological polar surface area (TPSA) is 64.3 Å². The zero-order valence-corrected chi connectivity index (χ0v) is 6.38. The molecule has 1 aromatic heterocycles. The summed E-state index contributed by atoms with van der Waals surface area (Å²) in [7, 11) is 0. The minimum atomic E-state index is -0.953. The van der Waals surface area contributed by atoms with E-state index < -0.39 is 5.97 Å². The van der Waals surface area contributed by atoms with E-state index in [1.54, 1.807) is 13.8 Å². The van der Waals surface area contributed by atoms with Crippen LogP contribution in [0.5, 0.6) is 0 Å². The van der Waals surface area contributed by atoms with Crippen molar-refractivity contribution in [3.8, 4) is 0 Å². The molecule has 0 aliphatic rings. The number of aromatic carboxylic acids is 1. The van der Waals surface area contributed by atoms with Gasteiger partial charge in [-0.25, -0.2) is 9.78 Å². The van der Waals surface area contributed by atoms with Crippen molar-refractivity contribution in [2.24, 2.45) is 0 Å². The van der Waals surface area contributed by atoms with E-state index in [0.717, 1.165) is 0 Å². The monoisotopic (exact) mass is 153 g/mol. The molecule has 0 saturated carbocycles. The van der Waals surface area contributed by atoms with Gasteiger partial charge in [0.05, 0.1) is 0 Å². The van der Waals surface area contributed by atoms with Gasteiger partial charge in [-0.2, -0.15) is 0 Å². The lowest BCUT2D eigenvalue weighted by Gasteiger charge is -1.91. The second-order valence-corrected chi connectivity index (χ2v) is 2.29. The van der Waals surface area contributed by atoms with Gasteiger partial charge in [-0.15, -0.1) is 0 Å². The molecule has 0 bridgehead atoms. The summed E-state index contributed by atoms with van der Waals surface area (Å²) < 4.78 is 0. The maximum atomic E-state index is 10.5. The van der Waals surface area contributed by atoms with Crippen molar-refractivity contribution >= 4 is 5.97 Å². The number of carboxylic acids is 1. The number of carbonyl (C=O) groups is 1. The molecular weight excluding hydrogens is 144 g/mol. The number of aryl methyl sites for hydroxylation is 2. The molecule has 1 heterocycles. The highest BCUT2D eigenvalue weighted by molar-refractivity contribution is 5.87. The number of nitrogens with zero attached hydrogens (tertiary/aromatic N) is 1. The van der Waals surface area contributed by atoms with Gasteiger partial charge in [0, 0.05) is 13.8 Å². The molecule has 0 aliphatic carbocycles. The number of aromatic nitrogens is 2. The zero-order chi connectivity index (χ0) is 8.43. The van der Waals surface area contributed by atoms with Gasteiger partial charge in [-0.05, 0) is 0 Å². The lowest BCUT2D eigenvalue weighted by Crippen LogP contribution is -2.15. The highest BCUT2D eigenvalue weighted by Gasteiger charge is 2.13. The number of aromatic amines is 1. The van der Waals surface area contributed by atoms with Crippen LogP contribution in [0.1, 0.15) is 21.9 Å². The molecule has 1 rings (SSSR count). The van der Waals surface area contributed by atoms with Crippen LogP contribution in [0.3, 0.4) is 0 Å². The van der Waals surface area contributed by atoms with Crippen LogP contribution in [-0.2, 0) is 0 Å². The summed E-state index contributed by atoms with van der Waals surface area (Å²) in [5.41, 5.74) is 0.754. The average molecular weight is 153 g/mol. The zero-order valence-electron chi connectivity index (χ0n) is 6.38. The third kappa shape index (κ3) is 1.52. The van der Waals surface area contributed by atoms with Crippen LogP contribution in [0.25, 0.3) is 0 Å². The van der Waals surface area contributed by atoms with Crippen molar-refractivity contribution in [3.63, 3.8) is 0 Å². The maximum absolute atomic E-state index is 10.5. The molecule has 1 aromatic rings. The fourth-order valence-corrected chi connectivity index (χ4v) is 0.842. The van der Waals surface area contributed by atoms with E-state index in [4.69, 9.17) is 5.11 Å². The molecule has 2 N–H and O–H groups in total. The van der Waals surface area contributed by atoms with Crippen LogP contribution < -0.4 is 4.98 Å². The SMILES string of the molecule is Cc1nc(C)c(C(=O)O)c[nH+]1. The van der Waals surface area contributed by atoms with Gasteiger partial charge in [-0.1, -0.05) is 4.98 Å². The van der Waals surface area contributed by atoms with Gasteiger partial charge in [-0.3, -0.25) is 0 Å². The van der Waals surface area contributed by atoms with Gasteiger partial charge >= 0.3 is 5.97 Å². The number of rotatable bonds is 1. The van der Waals surface area contributed by atoms with Crippen LogP contribution in [0.4, 0.5) is 0 Å². The Morgan fingerprint density at radius 2 is 2.27 bits per heavy atom. The van der Waals surface area contributed by atoms with E-state index in [0.29, 0.717) is 11.5 Å². The fraction of sp³-hybridized carbons (Fsp3) is 0.286. The Balaban J connectivity index is 3.20. The first kappa shape index (κ1) is 7.65. The van der Waals surface area contributed by atoms with E-state index in [1.807, 2.05) is 0 Å². The van der Waals surface area contributed by atoms with Gasteiger partial charge in [0.25, 0.3) is 5.82 Å². The molecular formula is C7H9N2O2+. The Morgan fingerprint density at radius 1 is 1.64 bits per heavy atom. The van der Waals surface area contributed by atoms with Gasteiger partial charge in [0.15, 0.2) is 5.69 Å². The smallest absolute Gasteiger partial charge is 0.343 e. The number of hydrogen-bond acceptors (Lipinski definition) is 2. The first-order chi connectivity index (χ1) is 5.11. The van der Waals surface area contributed by atoms with Crippen molar-refractivity contribution in [1.82, 2.24) is 4.98 Å². The van der Waals surface area contributed by atoms with Crippen LogP contribution in [0.2, 0.25) is 0 Å². The van der Waals surface area contributed by atoms with Crippen LogP contribution >= 0.6 is 0 Å². The summed E-state index contributed by atoms with van der Waals surface area (Å²) in [6.45, 7) is 3.45. The summed E-state index contributed by atoms with van der Waals surface area (Å²) in [5, 5.41) is 8.60. The highest BCUT2D eigenvalue weighted by atomic mass is 16.4. The van der Waals surface area contributed by atoms with Gasteiger partial charge in [0.2, 0.25) is 0 Å². The molecule has 58 valence electrons. The Hall–Kier alpha value is -1.45. The Morgan fingerprint density at radius 3 is 2.73 bits per heavy atom. The van der Waals surface area contributed by atoms with Crippen molar-refractivity contribution in [2.45, 2.75) is 13.8 Å². The third-order valence-corrected chi connectivity index (χ3v) is 1.38. The number of nitrogens with one attached hydrogen (secondary N) is 1. The molecule has 0 aromatic carbocycles. The molecule has 4 nitrogen and oxygen atoms in total. The van der Waals surface area contributed by atoms with E-state index in [-0.39, 0.29) is 5.56 Å². The number of carboxylic acid groups (broad SMARTS) is 1. The normalized spacial score (nSPS) is 9.64. The molecule has 11 heavy (non-hydrogen) atoms. The van der Waals surface area contributed by atoms with Crippen LogP contribution in [0.15, 0.2) is 6.20 Å². The fourth-order valence-electron chi connectivity index (χ4n) is 0.842. The second kappa shape index (κ2) is 2.65. The van der Waals surface area contributed by atoms with Crippen LogP contribution in [-0.4, -0.2) is 16.1 Å². The molecule has 0 fully saturated rings. The minimum Gasteiger partial charge on any atom is -0.477 e. The summed E-state index contributed by atoms with van der Waals surface area (Å²) >= 11 is 0. The van der Waals surface area contributed by atoms with E-state index in [2.05, 4.69) is 9.97 Å². The Labute approximate surface area is 63.9 Å². The predicted molar refractivity (Wildman–Crippen MR) is 37.2 cm³/mol. The Kier molecular flexibility index (Phi) is 1.85. The first-order valence-corrected chi connectivity index (χ1v) is 3.20. The van der Waals surface area contributed by atoms with E-state index in [1.165, 1.54) is 6.20 Å². The summed E-state index contributed by atoms with van der Waals surface area (Å²) in [6, 6.07) is 0. The van der Waals surface area contributed by atoms with Crippen molar-refractivity contribution < 1.29 is 14.9 Å². The van der Waals surface area contributed by atoms with Crippen molar-refractivity contribution in [2.75, 3.05) is 0 Å². The first-order valence-electron chi connectivity index (χ1n) is 3.20. The summed E-state index contributed by atoms with van der Waals surface area (Å²) in [5.74, 6) is -0.237. The number of H-pyrrole nitrogens is 1. The van der Waals surface area contributed by atoms with Gasteiger partial charge in [0.1, 0.15) is 11.8 Å². The lowest BCUT2D eigenvalue weighted by molar-refractivity contribution is -0.393. The van der Waals surface area contributed by atoms with Crippen molar-refractivity contribution in [3.05, 3.63) is 23.3 Å². The summed E-state index contributed by atoms with van der Waals surface area (Å²) in [6.07, 6.45) is 1.44. The molecule has 4 heteroatoms. The molecule has 0 atom stereocenters. The van der Waals surface area contributed by atoms with E-state index in [9.17, 15) is 4.79 Å². The van der Waals surface area contributed by atoms with Gasteiger partial charge < -0.3 is 5.11 Å². The second-order valence-electron chi connectivity index (χ2n) is 2.29. The molecule has 0 radical (unpaired) electrons. The quantitative estimate of drug-likeness (QED) is 0.627. The predicted octanol–water partition coefficient (Wildman–Crippen LogP) is 0.211. The molecule has 0 spiro atoms. The molecule has 0 amide bonds. The largest absolute Gasteiger partial charge is 0.477 e. The molecule has 0 saturated heterocycles. The third-order valence-electron chi connectivity index (χ3n) is 1.38. The Bertz CT molecular complexity index is 296. The minimum absolute atomic E-state index is 0.218. The number of hydrogen-bond donors (Lipinski definition) is 1. The van der Waals surface area contributed by atoms with Crippen molar-refractivity contribution in [1.29, 1.82) is 0 Å². The van der Waals surface area contributed by atoms with E-state index >= 15 is 0 Å². The highest BCUT2D eigenvalue weighted by Crippen LogP contribution is 1.99.